The molecule has 0 amide bonds. The summed E-state index contributed by atoms with van der Waals surface area (Å²) in [6, 6.07) is 8.67. The molecule has 1 aromatic rings. The van der Waals surface area contributed by atoms with Crippen molar-refractivity contribution in [1.82, 2.24) is 4.90 Å². The predicted octanol–water partition coefficient (Wildman–Crippen LogP) is 2.84. The summed E-state index contributed by atoms with van der Waals surface area (Å²) in [7, 11) is 4.09. The lowest BCUT2D eigenvalue weighted by Gasteiger charge is -2.14. The van der Waals surface area contributed by atoms with Crippen molar-refractivity contribution in [3.8, 4) is 5.75 Å². The van der Waals surface area contributed by atoms with Gasteiger partial charge in [-0.15, -0.1) is 0 Å². The number of hydrogen-bond acceptors (Lipinski definition) is 3. The number of likely N-dealkylation sites (N-methyl/N-ethyl adjacent to an activating group) is 1. The predicted molar refractivity (Wildman–Crippen MR) is 73.9 cm³/mol. The van der Waals surface area contributed by atoms with Gasteiger partial charge >= 0.3 is 0 Å². The molecule has 0 aliphatic heterocycles. The maximum absolute atomic E-state index is 5.63. The summed E-state index contributed by atoms with van der Waals surface area (Å²) in [5.41, 5.74) is 1.15. The standard InChI is InChI=1S/C14H24N2O/c1-5-12(2)15-13-6-8-14(9-7-13)17-11-10-16(3)4/h6-9,12,15H,5,10-11H2,1-4H3. The second kappa shape index (κ2) is 7.17. The van der Waals surface area contributed by atoms with Crippen molar-refractivity contribution in [1.29, 1.82) is 0 Å². The summed E-state index contributed by atoms with van der Waals surface area (Å²) in [5, 5.41) is 3.43. The molecule has 0 aromatic heterocycles. The minimum absolute atomic E-state index is 0.510. The molecule has 3 heteroatoms. The quantitative estimate of drug-likeness (QED) is 0.788. The van der Waals surface area contributed by atoms with Crippen LogP contribution in [0.1, 0.15) is 20.3 Å². The highest BCUT2D eigenvalue weighted by Crippen LogP contribution is 2.16. The van der Waals surface area contributed by atoms with Gasteiger partial charge in [0.1, 0.15) is 12.4 Å². The van der Waals surface area contributed by atoms with Crippen LogP contribution in [0.2, 0.25) is 0 Å². The van der Waals surface area contributed by atoms with Gasteiger partial charge in [0, 0.05) is 18.3 Å². The summed E-state index contributed by atoms with van der Waals surface area (Å²) in [6.07, 6.45) is 1.13. The second-order valence-corrected chi connectivity index (χ2v) is 4.63. The van der Waals surface area contributed by atoms with E-state index in [4.69, 9.17) is 4.74 Å². The molecule has 0 heterocycles. The van der Waals surface area contributed by atoms with Gasteiger partial charge in [-0.25, -0.2) is 0 Å². The van der Waals surface area contributed by atoms with Gasteiger partial charge < -0.3 is 15.0 Å². The second-order valence-electron chi connectivity index (χ2n) is 4.63. The third-order valence-electron chi connectivity index (χ3n) is 2.69. The summed E-state index contributed by atoms with van der Waals surface area (Å²) in [4.78, 5) is 2.11. The zero-order valence-electron chi connectivity index (χ0n) is 11.4. The number of anilines is 1. The first kappa shape index (κ1) is 13.8. The normalized spacial score (nSPS) is 12.5. The van der Waals surface area contributed by atoms with Crippen LogP contribution in [0.15, 0.2) is 24.3 Å². The molecule has 3 nitrogen and oxygen atoms in total. The summed E-state index contributed by atoms with van der Waals surface area (Å²) >= 11 is 0. The van der Waals surface area contributed by atoms with E-state index in [1.165, 1.54) is 0 Å². The molecule has 0 saturated carbocycles. The maximum Gasteiger partial charge on any atom is 0.119 e. The lowest BCUT2D eigenvalue weighted by molar-refractivity contribution is 0.261. The van der Waals surface area contributed by atoms with Crippen LogP contribution in [0.3, 0.4) is 0 Å². The van der Waals surface area contributed by atoms with Gasteiger partial charge in [-0.3, -0.25) is 0 Å². The van der Waals surface area contributed by atoms with Crippen molar-refractivity contribution in [2.45, 2.75) is 26.3 Å². The zero-order valence-corrected chi connectivity index (χ0v) is 11.4. The SMILES string of the molecule is CCC(C)Nc1ccc(OCCN(C)C)cc1. The van der Waals surface area contributed by atoms with Crippen molar-refractivity contribution < 1.29 is 4.74 Å². The Kier molecular flexibility index (Phi) is 5.84. The highest BCUT2D eigenvalue weighted by atomic mass is 16.5. The molecule has 96 valence electrons. The van der Waals surface area contributed by atoms with E-state index in [2.05, 4.69) is 36.2 Å². The van der Waals surface area contributed by atoms with Gasteiger partial charge in [-0.2, -0.15) is 0 Å². The first-order valence-corrected chi connectivity index (χ1v) is 6.26. The molecule has 1 unspecified atom stereocenters. The monoisotopic (exact) mass is 236 g/mol. The van der Waals surface area contributed by atoms with Crippen LogP contribution in [0, 0.1) is 0 Å². The fourth-order valence-electron chi connectivity index (χ4n) is 1.38. The van der Waals surface area contributed by atoms with E-state index in [1.54, 1.807) is 0 Å². The molecule has 0 fully saturated rings. The van der Waals surface area contributed by atoms with Crippen LogP contribution in [0.4, 0.5) is 5.69 Å². The third-order valence-corrected chi connectivity index (χ3v) is 2.69. The lowest BCUT2D eigenvalue weighted by Crippen LogP contribution is -2.19. The molecule has 0 radical (unpaired) electrons. The van der Waals surface area contributed by atoms with Gasteiger partial charge in [-0.05, 0) is 51.7 Å². The van der Waals surface area contributed by atoms with Crippen LogP contribution < -0.4 is 10.1 Å². The number of nitrogens with zero attached hydrogens (tertiary/aromatic N) is 1. The Bertz CT molecular complexity index is 309. The smallest absolute Gasteiger partial charge is 0.119 e. The summed E-state index contributed by atoms with van der Waals surface area (Å²) in [5.74, 6) is 0.932. The van der Waals surface area contributed by atoms with Crippen LogP contribution in [0.5, 0.6) is 5.75 Å². The van der Waals surface area contributed by atoms with Crippen molar-refractivity contribution in [3.05, 3.63) is 24.3 Å². The van der Waals surface area contributed by atoms with Gasteiger partial charge in [-0.1, -0.05) is 6.92 Å². The van der Waals surface area contributed by atoms with Gasteiger partial charge in [0.2, 0.25) is 0 Å². The first-order valence-electron chi connectivity index (χ1n) is 6.26. The van der Waals surface area contributed by atoms with Crippen LogP contribution >= 0.6 is 0 Å². The number of nitrogens with one attached hydrogen (secondary N) is 1. The molecule has 0 aliphatic rings. The topological polar surface area (TPSA) is 24.5 Å². The number of ether oxygens (including phenoxy) is 1. The van der Waals surface area contributed by atoms with Crippen molar-refractivity contribution >= 4 is 5.69 Å². The highest BCUT2D eigenvalue weighted by Gasteiger charge is 1.99. The lowest BCUT2D eigenvalue weighted by atomic mass is 10.2. The van der Waals surface area contributed by atoms with Gasteiger partial charge in [0.25, 0.3) is 0 Å². The van der Waals surface area contributed by atoms with E-state index >= 15 is 0 Å². The Labute approximate surface area is 105 Å². The molecule has 0 aliphatic carbocycles. The van der Waals surface area contributed by atoms with Crippen molar-refractivity contribution in [2.75, 3.05) is 32.6 Å². The van der Waals surface area contributed by atoms with Crippen LogP contribution in [0.25, 0.3) is 0 Å². The van der Waals surface area contributed by atoms with Crippen LogP contribution in [-0.4, -0.2) is 38.2 Å². The van der Waals surface area contributed by atoms with Gasteiger partial charge in [0.15, 0.2) is 0 Å². The Morgan fingerprint density at radius 1 is 1.24 bits per heavy atom. The van der Waals surface area contributed by atoms with E-state index in [1.807, 2.05) is 26.2 Å². The molecule has 0 bridgehead atoms. The highest BCUT2D eigenvalue weighted by molar-refractivity contribution is 5.46. The Morgan fingerprint density at radius 2 is 1.88 bits per heavy atom. The van der Waals surface area contributed by atoms with E-state index in [0.29, 0.717) is 6.04 Å². The molecular weight excluding hydrogens is 212 g/mol. The Balaban J connectivity index is 2.39. The summed E-state index contributed by atoms with van der Waals surface area (Å²) in [6.45, 7) is 6.02. The third kappa shape index (κ3) is 5.59. The van der Waals surface area contributed by atoms with Crippen LogP contribution in [-0.2, 0) is 0 Å². The minimum Gasteiger partial charge on any atom is -0.492 e. The molecule has 1 atom stereocenters. The average molecular weight is 236 g/mol. The number of hydrogen-bond donors (Lipinski definition) is 1. The molecule has 0 spiro atoms. The fraction of sp³-hybridized carbons (Fsp3) is 0.571. The molecule has 1 N–H and O–H groups in total. The van der Waals surface area contributed by atoms with E-state index < -0.39 is 0 Å². The molecular formula is C14H24N2O. The minimum atomic E-state index is 0.510. The average Bonchev–Trinajstić information content (AvgIpc) is 2.31. The number of rotatable bonds is 7. The molecule has 0 saturated heterocycles. The Morgan fingerprint density at radius 3 is 2.41 bits per heavy atom. The number of benzene rings is 1. The molecule has 1 aromatic carbocycles. The Hall–Kier alpha value is -1.22. The van der Waals surface area contributed by atoms with Gasteiger partial charge in [0.05, 0.1) is 0 Å². The van der Waals surface area contributed by atoms with E-state index in [0.717, 1.165) is 31.0 Å². The zero-order chi connectivity index (χ0) is 12.7. The van der Waals surface area contributed by atoms with Crippen molar-refractivity contribution in [3.63, 3.8) is 0 Å². The fourth-order valence-corrected chi connectivity index (χ4v) is 1.38. The van der Waals surface area contributed by atoms with Crippen molar-refractivity contribution in [2.24, 2.45) is 0 Å². The first-order chi connectivity index (χ1) is 8.11. The summed E-state index contributed by atoms with van der Waals surface area (Å²) < 4.78 is 5.63. The largest absolute Gasteiger partial charge is 0.492 e. The van der Waals surface area contributed by atoms with E-state index in [-0.39, 0.29) is 0 Å². The van der Waals surface area contributed by atoms with E-state index in [9.17, 15) is 0 Å². The molecule has 1 rings (SSSR count). The maximum atomic E-state index is 5.63. The molecule has 17 heavy (non-hydrogen) atoms.